The van der Waals surface area contributed by atoms with Crippen molar-refractivity contribution in [2.75, 3.05) is 25.0 Å². The maximum atomic E-state index is 13.0. The zero-order chi connectivity index (χ0) is 21.9. The van der Waals surface area contributed by atoms with Crippen LogP contribution in [0.3, 0.4) is 0 Å². The molecular weight excluding hydrogens is 410 g/mol. The minimum Gasteiger partial charge on any atom is -0.452 e. The summed E-state index contributed by atoms with van der Waals surface area (Å²) < 4.78 is 37.3. The molecule has 2 aromatic rings. The summed E-state index contributed by atoms with van der Waals surface area (Å²) in [6, 6.07) is 7.19. The van der Waals surface area contributed by atoms with Crippen molar-refractivity contribution in [3.8, 4) is 0 Å². The summed E-state index contributed by atoms with van der Waals surface area (Å²) in [7, 11) is -3.73. The topological polar surface area (TPSA) is 119 Å². The van der Waals surface area contributed by atoms with Gasteiger partial charge in [0, 0.05) is 19.2 Å². The van der Waals surface area contributed by atoms with E-state index >= 15 is 0 Å². The molecule has 0 radical (unpaired) electrons. The molecule has 1 fully saturated rings. The van der Waals surface area contributed by atoms with Crippen molar-refractivity contribution in [2.45, 2.75) is 32.1 Å². The van der Waals surface area contributed by atoms with Gasteiger partial charge in [-0.2, -0.15) is 4.31 Å². The second kappa shape index (κ2) is 8.97. The van der Waals surface area contributed by atoms with Crippen LogP contribution in [0, 0.1) is 18.8 Å². The highest BCUT2D eigenvalue weighted by atomic mass is 32.2. The molecule has 1 aliphatic rings. The van der Waals surface area contributed by atoms with Gasteiger partial charge in [-0.15, -0.1) is 0 Å². The summed E-state index contributed by atoms with van der Waals surface area (Å²) in [6.07, 6.45) is 0.981. The Morgan fingerprint density at radius 1 is 1.23 bits per heavy atom. The lowest BCUT2D eigenvalue weighted by Crippen LogP contribution is -2.42. The molecular formula is C20H25N3O6S. The number of aromatic nitrogens is 1. The second-order valence-electron chi connectivity index (χ2n) is 7.74. The monoisotopic (exact) mass is 435 g/mol. The van der Waals surface area contributed by atoms with Gasteiger partial charge in [-0.05, 0) is 43.4 Å². The number of esters is 1. The van der Waals surface area contributed by atoms with Gasteiger partial charge in [0.2, 0.25) is 10.0 Å². The summed E-state index contributed by atoms with van der Waals surface area (Å²) in [5.41, 5.74) is 0.0549. The van der Waals surface area contributed by atoms with E-state index < -0.39 is 28.5 Å². The smallest absolute Gasteiger partial charge is 0.338 e. The van der Waals surface area contributed by atoms with Gasteiger partial charge in [-0.3, -0.25) is 4.79 Å². The molecule has 3 rings (SSSR count). The molecule has 1 aromatic heterocycles. The van der Waals surface area contributed by atoms with Crippen molar-refractivity contribution in [3.63, 3.8) is 0 Å². The highest BCUT2D eigenvalue weighted by Crippen LogP contribution is 2.27. The van der Waals surface area contributed by atoms with Crippen LogP contribution >= 0.6 is 0 Å². The van der Waals surface area contributed by atoms with Crippen molar-refractivity contribution in [1.82, 2.24) is 9.46 Å². The van der Waals surface area contributed by atoms with Gasteiger partial charge in [0.25, 0.3) is 5.91 Å². The molecule has 0 spiro atoms. The molecule has 1 aliphatic heterocycles. The van der Waals surface area contributed by atoms with E-state index in [2.05, 4.69) is 10.5 Å². The molecule has 1 amide bonds. The Balaban J connectivity index is 1.65. The van der Waals surface area contributed by atoms with E-state index in [4.69, 9.17) is 9.26 Å². The minimum absolute atomic E-state index is 0.0285. The third-order valence-corrected chi connectivity index (χ3v) is 6.60. The highest BCUT2D eigenvalue weighted by molar-refractivity contribution is 7.89. The molecule has 10 heteroatoms. The first-order chi connectivity index (χ1) is 14.1. The summed E-state index contributed by atoms with van der Waals surface area (Å²) in [5, 5.41) is 6.05. The summed E-state index contributed by atoms with van der Waals surface area (Å²) in [5.74, 6) is -0.104. The van der Waals surface area contributed by atoms with Crippen molar-refractivity contribution in [1.29, 1.82) is 0 Å². The van der Waals surface area contributed by atoms with Crippen LogP contribution in [0.1, 0.15) is 36.4 Å². The van der Waals surface area contributed by atoms with E-state index in [1.165, 1.54) is 34.6 Å². The number of nitrogens with one attached hydrogen (secondary N) is 1. The molecule has 162 valence electrons. The minimum atomic E-state index is -3.73. The molecule has 0 bridgehead atoms. The highest BCUT2D eigenvalue weighted by Gasteiger charge is 2.32. The molecule has 2 heterocycles. The van der Waals surface area contributed by atoms with Crippen LogP contribution in [-0.4, -0.2) is 49.5 Å². The average molecular weight is 436 g/mol. The van der Waals surface area contributed by atoms with Gasteiger partial charge in [-0.1, -0.05) is 25.1 Å². The Bertz CT molecular complexity index is 1020. The zero-order valence-corrected chi connectivity index (χ0v) is 17.9. The molecule has 0 saturated carbocycles. The number of piperidine rings is 1. The van der Waals surface area contributed by atoms with Gasteiger partial charge in [0.1, 0.15) is 5.76 Å². The van der Waals surface area contributed by atoms with Gasteiger partial charge >= 0.3 is 5.97 Å². The van der Waals surface area contributed by atoms with E-state index in [-0.39, 0.29) is 28.1 Å². The van der Waals surface area contributed by atoms with Gasteiger partial charge in [0.15, 0.2) is 12.4 Å². The standard InChI is InChI=1S/C20H25N3O6S/c1-13-7-14(2)11-23(10-13)30(26,27)17-6-4-5-16(9-17)20(25)28-12-19(24)21-18-8-15(3)29-22-18/h4-6,8-9,13-14H,7,10-12H2,1-3H3,(H,21,22,24). The maximum Gasteiger partial charge on any atom is 0.338 e. The van der Waals surface area contributed by atoms with Gasteiger partial charge in [-0.25, -0.2) is 13.2 Å². The van der Waals surface area contributed by atoms with E-state index in [1.54, 1.807) is 6.92 Å². The number of nitrogens with zero attached hydrogens (tertiary/aromatic N) is 2. The lowest BCUT2D eigenvalue weighted by atomic mass is 9.94. The number of amides is 1. The Labute approximate surface area is 175 Å². The summed E-state index contributed by atoms with van der Waals surface area (Å²) in [6.45, 7) is 6.08. The summed E-state index contributed by atoms with van der Waals surface area (Å²) >= 11 is 0. The third-order valence-electron chi connectivity index (χ3n) is 4.77. The Kier molecular flexibility index (Phi) is 6.57. The molecule has 1 N–H and O–H groups in total. The fraction of sp³-hybridized carbons (Fsp3) is 0.450. The van der Waals surface area contributed by atoms with Crippen LogP contribution in [0.15, 0.2) is 39.8 Å². The molecule has 1 saturated heterocycles. The number of carbonyl (C=O) groups is 2. The van der Waals surface area contributed by atoms with E-state index in [0.717, 1.165) is 6.42 Å². The number of hydrogen-bond acceptors (Lipinski definition) is 7. The van der Waals surface area contributed by atoms with E-state index in [0.29, 0.717) is 18.8 Å². The van der Waals surface area contributed by atoms with Crippen molar-refractivity contribution in [3.05, 3.63) is 41.7 Å². The summed E-state index contributed by atoms with van der Waals surface area (Å²) in [4.78, 5) is 24.2. The predicted molar refractivity (Wildman–Crippen MR) is 108 cm³/mol. The fourth-order valence-corrected chi connectivity index (χ4v) is 5.28. The molecule has 1 aromatic carbocycles. The van der Waals surface area contributed by atoms with Crippen LogP contribution in [0.25, 0.3) is 0 Å². The SMILES string of the molecule is Cc1cc(NC(=O)COC(=O)c2cccc(S(=O)(=O)N3CC(C)CC(C)C3)c2)no1. The Hall–Kier alpha value is -2.72. The number of ether oxygens (including phenoxy) is 1. The number of sulfonamides is 1. The van der Waals surface area contributed by atoms with Gasteiger partial charge in [0.05, 0.1) is 10.5 Å². The lowest BCUT2D eigenvalue weighted by molar-refractivity contribution is -0.119. The fourth-order valence-electron chi connectivity index (χ4n) is 3.55. The van der Waals surface area contributed by atoms with Crippen LogP contribution < -0.4 is 5.32 Å². The number of anilines is 1. The van der Waals surface area contributed by atoms with Crippen LogP contribution in [-0.2, 0) is 19.6 Å². The predicted octanol–water partition coefficient (Wildman–Crippen LogP) is 2.45. The van der Waals surface area contributed by atoms with E-state index in [9.17, 15) is 18.0 Å². The zero-order valence-electron chi connectivity index (χ0n) is 17.1. The first-order valence-corrected chi connectivity index (χ1v) is 11.1. The number of rotatable bonds is 6. The number of hydrogen-bond donors (Lipinski definition) is 1. The molecule has 9 nitrogen and oxygen atoms in total. The number of carbonyl (C=O) groups excluding carboxylic acids is 2. The first kappa shape index (κ1) is 22.0. The normalized spacial score (nSPS) is 20.0. The molecule has 30 heavy (non-hydrogen) atoms. The van der Waals surface area contributed by atoms with Crippen LogP contribution in [0.5, 0.6) is 0 Å². The Morgan fingerprint density at radius 2 is 1.93 bits per heavy atom. The quantitative estimate of drug-likeness (QED) is 0.692. The second-order valence-corrected chi connectivity index (χ2v) is 9.68. The number of benzene rings is 1. The Morgan fingerprint density at radius 3 is 2.57 bits per heavy atom. The average Bonchev–Trinajstić information content (AvgIpc) is 3.10. The van der Waals surface area contributed by atoms with Crippen LogP contribution in [0.4, 0.5) is 5.82 Å². The first-order valence-electron chi connectivity index (χ1n) is 9.65. The molecule has 2 atom stereocenters. The molecule has 2 unspecified atom stereocenters. The van der Waals surface area contributed by atoms with Crippen molar-refractivity contribution < 1.29 is 27.3 Å². The number of aryl methyl sites for hydroxylation is 1. The van der Waals surface area contributed by atoms with Crippen molar-refractivity contribution >= 4 is 27.7 Å². The maximum absolute atomic E-state index is 13.0. The van der Waals surface area contributed by atoms with E-state index in [1.807, 2.05) is 13.8 Å². The third kappa shape index (κ3) is 5.25. The lowest BCUT2D eigenvalue weighted by Gasteiger charge is -2.34. The van der Waals surface area contributed by atoms with Crippen molar-refractivity contribution in [2.24, 2.45) is 11.8 Å². The van der Waals surface area contributed by atoms with Crippen LogP contribution in [0.2, 0.25) is 0 Å². The van der Waals surface area contributed by atoms with Gasteiger partial charge < -0.3 is 14.6 Å². The largest absolute Gasteiger partial charge is 0.452 e. The molecule has 0 aliphatic carbocycles.